The molecule has 0 aromatic carbocycles. The van der Waals surface area contributed by atoms with Crippen molar-refractivity contribution in [1.29, 1.82) is 0 Å². The number of pyridine rings is 1. The fourth-order valence-corrected chi connectivity index (χ4v) is 4.79. The Kier molecular flexibility index (Phi) is 6.31. The summed E-state index contributed by atoms with van der Waals surface area (Å²) in [5.74, 6) is 1.83. The molecule has 6 nitrogen and oxygen atoms in total. The van der Waals surface area contributed by atoms with Gasteiger partial charge in [-0.15, -0.1) is 0 Å². The number of rotatable bonds is 7. The van der Waals surface area contributed by atoms with E-state index in [1.165, 1.54) is 4.57 Å². The second-order valence-corrected chi connectivity index (χ2v) is 8.92. The summed E-state index contributed by atoms with van der Waals surface area (Å²) in [6.07, 6.45) is 6.90. The molecule has 0 radical (unpaired) electrons. The number of aromatic nitrogens is 1. The molecule has 27 heavy (non-hydrogen) atoms. The molecule has 0 bridgehead atoms. The number of amides is 1. The molecule has 1 aromatic heterocycles. The molecule has 150 valence electrons. The van der Waals surface area contributed by atoms with E-state index in [4.69, 9.17) is 9.47 Å². The van der Waals surface area contributed by atoms with E-state index in [0.717, 1.165) is 36.6 Å². The molecule has 0 spiro atoms. The number of aryl methyl sites for hydroxylation is 1. The van der Waals surface area contributed by atoms with Crippen molar-refractivity contribution in [2.75, 3.05) is 20.3 Å². The first-order valence-corrected chi connectivity index (χ1v) is 10.4. The van der Waals surface area contributed by atoms with Crippen molar-refractivity contribution in [2.45, 2.75) is 45.1 Å². The van der Waals surface area contributed by atoms with Crippen LogP contribution < -0.4 is 15.6 Å². The molecule has 1 heterocycles. The van der Waals surface area contributed by atoms with E-state index in [0.29, 0.717) is 30.7 Å². The highest BCUT2D eigenvalue weighted by Gasteiger charge is 2.58. The predicted molar refractivity (Wildman–Crippen MR) is 107 cm³/mol. The topological polar surface area (TPSA) is 69.6 Å². The van der Waals surface area contributed by atoms with Crippen LogP contribution in [-0.2, 0) is 16.6 Å². The van der Waals surface area contributed by atoms with E-state index in [1.54, 1.807) is 26.4 Å². The molecule has 2 aliphatic carbocycles. The van der Waals surface area contributed by atoms with E-state index < -0.39 is 0 Å². The molecule has 1 amide bonds. The van der Waals surface area contributed by atoms with Gasteiger partial charge in [0.25, 0.3) is 5.56 Å². The maximum atomic E-state index is 12.4. The van der Waals surface area contributed by atoms with Crippen molar-refractivity contribution in [3.05, 3.63) is 27.1 Å². The molecule has 1 N–H and O–H groups in total. The molecule has 1 aromatic rings. The number of carbonyl (C=O) groups is 1. The van der Waals surface area contributed by atoms with Gasteiger partial charge in [-0.25, -0.2) is 0 Å². The average Bonchev–Trinajstić information content (AvgIpc) is 3.33. The maximum absolute atomic E-state index is 12.4. The minimum atomic E-state index is -0.221. The van der Waals surface area contributed by atoms with Gasteiger partial charge in [0.2, 0.25) is 5.91 Å². The van der Waals surface area contributed by atoms with Gasteiger partial charge in [0.1, 0.15) is 5.75 Å². The highest BCUT2D eigenvalue weighted by molar-refractivity contribution is 9.10. The van der Waals surface area contributed by atoms with Gasteiger partial charge < -0.3 is 19.4 Å². The lowest BCUT2D eigenvalue weighted by Gasteiger charge is -2.30. The summed E-state index contributed by atoms with van der Waals surface area (Å²) in [7, 11) is 3.36. The number of carbonyl (C=O) groups excluding carboxylic acids is 1. The first kappa shape index (κ1) is 20.4. The molecule has 2 unspecified atom stereocenters. The van der Waals surface area contributed by atoms with Crippen LogP contribution >= 0.6 is 15.9 Å². The zero-order valence-electron chi connectivity index (χ0n) is 16.3. The van der Waals surface area contributed by atoms with Crippen LogP contribution in [-0.4, -0.2) is 36.8 Å². The second-order valence-electron chi connectivity index (χ2n) is 8.07. The molecule has 0 saturated heterocycles. The van der Waals surface area contributed by atoms with E-state index in [1.807, 2.05) is 0 Å². The Morgan fingerprint density at radius 2 is 2.07 bits per heavy atom. The Bertz CT molecular complexity index is 742. The SMILES string of the molecule is COCCNC(=O)C1(C)CC1C1CCC(Oc2cc(=O)n(C)cc2Br)CC1. The van der Waals surface area contributed by atoms with Crippen molar-refractivity contribution >= 4 is 21.8 Å². The van der Waals surface area contributed by atoms with Crippen LogP contribution in [0.25, 0.3) is 0 Å². The van der Waals surface area contributed by atoms with Crippen molar-refractivity contribution in [3.63, 3.8) is 0 Å². The smallest absolute Gasteiger partial charge is 0.254 e. The number of nitrogens with zero attached hydrogens (tertiary/aromatic N) is 1. The number of nitrogens with one attached hydrogen (secondary N) is 1. The Morgan fingerprint density at radius 3 is 2.74 bits per heavy atom. The third-order valence-electron chi connectivity index (χ3n) is 6.14. The summed E-state index contributed by atoms with van der Waals surface area (Å²) in [5, 5.41) is 2.99. The quantitative estimate of drug-likeness (QED) is 0.661. The van der Waals surface area contributed by atoms with Crippen LogP contribution in [0, 0.1) is 17.3 Å². The van der Waals surface area contributed by atoms with Crippen LogP contribution in [0.2, 0.25) is 0 Å². The summed E-state index contributed by atoms with van der Waals surface area (Å²) in [6, 6.07) is 1.54. The Morgan fingerprint density at radius 1 is 1.37 bits per heavy atom. The van der Waals surface area contributed by atoms with Crippen molar-refractivity contribution < 1.29 is 14.3 Å². The lowest BCUT2D eigenvalue weighted by molar-refractivity contribution is -0.126. The number of methoxy groups -OCH3 is 1. The lowest BCUT2D eigenvalue weighted by atomic mass is 9.81. The van der Waals surface area contributed by atoms with E-state index in [9.17, 15) is 9.59 Å². The van der Waals surface area contributed by atoms with Crippen LogP contribution in [0.15, 0.2) is 21.5 Å². The van der Waals surface area contributed by atoms with Crippen LogP contribution in [0.4, 0.5) is 0 Å². The summed E-state index contributed by atoms with van der Waals surface area (Å²) < 4.78 is 13.4. The fourth-order valence-electron chi connectivity index (χ4n) is 4.27. The van der Waals surface area contributed by atoms with Gasteiger partial charge in [-0.05, 0) is 59.9 Å². The minimum absolute atomic E-state index is 0.0740. The number of hydrogen-bond acceptors (Lipinski definition) is 4. The monoisotopic (exact) mass is 440 g/mol. The van der Waals surface area contributed by atoms with Crippen LogP contribution in [0.1, 0.15) is 39.0 Å². The highest BCUT2D eigenvalue weighted by atomic mass is 79.9. The molecule has 2 fully saturated rings. The minimum Gasteiger partial charge on any atom is -0.489 e. The normalized spacial score (nSPS) is 30.0. The predicted octanol–water partition coefficient (Wildman–Crippen LogP) is 2.87. The van der Waals surface area contributed by atoms with Crippen LogP contribution in [0.5, 0.6) is 5.75 Å². The van der Waals surface area contributed by atoms with Crippen LogP contribution in [0.3, 0.4) is 0 Å². The van der Waals surface area contributed by atoms with Gasteiger partial charge in [-0.3, -0.25) is 9.59 Å². The van der Waals surface area contributed by atoms with Gasteiger partial charge in [-0.2, -0.15) is 0 Å². The Labute approximate surface area is 168 Å². The number of ether oxygens (including phenoxy) is 2. The molecule has 2 aliphatic rings. The molecule has 7 heteroatoms. The lowest BCUT2D eigenvalue weighted by Crippen LogP contribution is -2.35. The van der Waals surface area contributed by atoms with Gasteiger partial charge in [0.15, 0.2) is 0 Å². The third kappa shape index (κ3) is 4.57. The van der Waals surface area contributed by atoms with Gasteiger partial charge in [0, 0.05) is 38.4 Å². The Balaban J connectivity index is 1.49. The fraction of sp³-hybridized carbons (Fsp3) is 0.700. The molecule has 2 saturated carbocycles. The molecule has 0 aliphatic heterocycles. The second kappa shape index (κ2) is 8.35. The van der Waals surface area contributed by atoms with Gasteiger partial charge in [0.05, 0.1) is 17.2 Å². The molecule has 3 rings (SSSR count). The standard InChI is InChI=1S/C20H29BrN2O4/c1-20(19(25)22-8-9-26-3)11-15(20)13-4-6-14(7-5-13)27-17-10-18(24)23(2)12-16(17)21/h10,12-15H,4-9,11H2,1-3H3,(H,22,25). The maximum Gasteiger partial charge on any atom is 0.254 e. The van der Waals surface area contributed by atoms with Crippen molar-refractivity contribution in [2.24, 2.45) is 24.3 Å². The zero-order chi connectivity index (χ0) is 19.6. The van der Waals surface area contributed by atoms with Crippen molar-refractivity contribution in [3.8, 4) is 5.75 Å². The zero-order valence-corrected chi connectivity index (χ0v) is 17.9. The van der Waals surface area contributed by atoms with E-state index in [2.05, 4.69) is 28.2 Å². The first-order chi connectivity index (χ1) is 12.8. The number of halogens is 1. The van der Waals surface area contributed by atoms with E-state index in [-0.39, 0.29) is 23.0 Å². The van der Waals surface area contributed by atoms with Gasteiger partial charge in [-0.1, -0.05) is 6.92 Å². The van der Waals surface area contributed by atoms with E-state index >= 15 is 0 Å². The summed E-state index contributed by atoms with van der Waals surface area (Å²) in [4.78, 5) is 24.3. The molecule has 2 atom stereocenters. The molecular formula is C20H29BrN2O4. The summed E-state index contributed by atoms with van der Waals surface area (Å²) in [6.45, 7) is 3.20. The largest absolute Gasteiger partial charge is 0.489 e. The van der Waals surface area contributed by atoms with Crippen molar-refractivity contribution in [1.82, 2.24) is 9.88 Å². The third-order valence-corrected chi connectivity index (χ3v) is 6.73. The number of hydrogen-bond donors (Lipinski definition) is 1. The first-order valence-electron chi connectivity index (χ1n) is 9.65. The van der Waals surface area contributed by atoms with Gasteiger partial charge >= 0.3 is 0 Å². The summed E-state index contributed by atoms with van der Waals surface area (Å²) >= 11 is 3.47. The summed E-state index contributed by atoms with van der Waals surface area (Å²) in [5.41, 5.74) is -0.295. The molecular weight excluding hydrogens is 412 g/mol. The highest BCUT2D eigenvalue weighted by Crippen LogP contribution is 2.59. The Hall–Kier alpha value is -1.34. The average molecular weight is 441 g/mol.